The molecule has 4 aromatic rings. The van der Waals surface area contributed by atoms with Crippen molar-refractivity contribution in [2.24, 2.45) is 0 Å². The first kappa shape index (κ1) is 42.3. The molecule has 0 aliphatic rings. The summed E-state index contributed by atoms with van der Waals surface area (Å²) in [6, 6.07) is 35.2. The number of ether oxygens (including phenoxy) is 4. The number of carbonyl (C=O) groups is 4. The molecular weight excluding hydrogens is 725 g/mol. The van der Waals surface area contributed by atoms with Crippen molar-refractivity contribution < 1.29 is 38.1 Å². The van der Waals surface area contributed by atoms with Crippen molar-refractivity contribution in [1.29, 1.82) is 10.5 Å². The van der Waals surface area contributed by atoms with Gasteiger partial charge in [0.25, 0.3) is 6.47 Å². The van der Waals surface area contributed by atoms with Gasteiger partial charge in [0, 0.05) is 48.3 Å². The molecule has 12 nitrogen and oxygen atoms in total. The van der Waals surface area contributed by atoms with E-state index in [1.807, 2.05) is 72.4 Å². The maximum atomic E-state index is 12.3. The van der Waals surface area contributed by atoms with Crippen molar-refractivity contribution in [2.75, 3.05) is 50.3 Å². The third-order valence-electron chi connectivity index (χ3n) is 9.05. The lowest BCUT2D eigenvalue weighted by molar-refractivity contribution is -0.146. The second-order valence-corrected chi connectivity index (χ2v) is 13.0. The standard InChI is InChI=1S/C45H42N4O8/c1-6-42(51)55-25-26-57-44(53)35(30-47)28-33-9-17-39(18-10-33)49(5)41-21-13-37(14-22-41)45(2,3)36-11-19-40(20-12-36)48(4)38-15-7-32(8-16-38)27-34(29-46)43(52)56-24-23-54-31-50/h6-22,27-28,31H,1,23-26H2,2-5H3/b34-27+,35-28+. The molecule has 4 aromatic carbocycles. The summed E-state index contributed by atoms with van der Waals surface area (Å²) < 4.78 is 19.3. The van der Waals surface area contributed by atoms with Gasteiger partial charge in [0.15, 0.2) is 0 Å². The zero-order valence-electron chi connectivity index (χ0n) is 32.1. The average molecular weight is 767 g/mol. The number of benzene rings is 4. The second-order valence-electron chi connectivity index (χ2n) is 13.0. The highest BCUT2D eigenvalue weighted by molar-refractivity contribution is 5.98. The fourth-order valence-corrected chi connectivity index (χ4v) is 5.59. The first-order chi connectivity index (χ1) is 27.4. The summed E-state index contributed by atoms with van der Waals surface area (Å²) in [5.74, 6) is -2.23. The third-order valence-corrected chi connectivity index (χ3v) is 9.05. The van der Waals surface area contributed by atoms with Crippen LogP contribution in [0.3, 0.4) is 0 Å². The van der Waals surface area contributed by atoms with Crippen molar-refractivity contribution >= 4 is 59.3 Å². The Morgan fingerprint density at radius 3 is 1.32 bits per heavy atom. The molecule has 57 heavy (non-hydrogen) atoms. The number of carbonyl (C=O) groups excluding carboxylic acids is 4. The number of hydrogen-bond donors (Lipinski definition) is 0. The molecule has 0 fully saturated rings. The highest BCUT2D eigenvalue weighted by atomic mass is 16.6. The highest BCUT2D eigenvalue weighted by Crippen LogP contribution is 2.35. The predicted molar refractivity (Wildman–Crippen MR) is 216 cm³/mol. The van der Waals surface area contributed by atoms with Gasteiger partial charge in [-0.25, -0.2) is 14.4 Å². The molecule has 0 bridgehead atoms. The van der Waals surface area contributed by atoms with Crippen LogP contribution in [0.1, 0.15) is 36.1 Å². The zero-order chi connectivity index (χ0) is 41.4. The molecule has 0 saturated heterocycles. The molecule has 0 aliphatic carbocycles. The van der Waals surface area contributed by atoms with Gasteiger partial charge in [-0.05, 0) is 82.9 Å². The first-order valence-corrected chi connectivity index (χ1v) is 17.7. The number of nitriles is 2. The minimum absolute atomic E-state index is 0.0867. The molecule has 4 rings (SSSR count). The Hall–Kier alpha value is -7.44. The molecule has 0 heterocycles. The molecule has 0 atom stereocenters. The smallest absolute Gasteiger partial charge is 0.349 e. The molecular formula is C45H42N4O8. The van der Waals surface area contributed by atoms with Crippen molar-refractivity contribution in [3.63, 3.8) is 0 Å². The molecule has 0 amide bonds. The molecule has 0 aliphatic heterocycles. The van der Waals surface area contributed by atoms with Crippen molar-refractivity contribution in [1.82, 2.24) is 0 Å². The van der Waals surface area contributed by atoms with Gasteiger partial charge < -0.3 is 28.7 Å². The summed E-state index contributed by atoms with van der Waals surface area (Å²) in [5, 5.41) is 18.9. The van der Waals surface area contributed by atoms with Crippen molar-refractivity contribution in [3.05, 3.63) is 143 Å². The largest absolute Gasteiger partial charge is 0.464 e. The van der Waals surface area contributed by atoms with Gasteiger partial charge in [-0.1, -0.05) is 69.0 Å². The van der Waals surface area contributed by atoms with Crippen LogP contribution in [0.2, 0.25) is 0 Å². The van der Waals surface area contributed by atoms with E-state index in [0.29, 0.717) is 11.1 Å². The Bertz CT molecular complexity index is 2190. The van der Waals surface area contributed by atoms with Crippen LogP contribution in [-0.2, 0) is 43.5 Å². The molecule has 0 saturated carbocycles. The van der Waals surface area contributed by atoms with Crippen LogP contribution < -0.4 is 9.80 Å². The van der Waals surface area contributed by atoms with Crippen LogP contribution in [0.5, 0.6) is 0 Å². The molecule has 0 spiro atoms. The van der Waals surface area contributed by atoms with E-state index in [1.165, 1.54) is 12.2 Å². The SMILES string of the molecule is C=CC(=O)OCCOC(=O)/C(C#N)=C/c1ccc(N(C)c2ccc(C(C)(C)c3ccc(N(C)c4ccc(/C=C(\C#N)C(=O)OCCOC=O)cc4)cc3)cc2)cc1. The van der Waals surface area contributed by atoms with Crippen molar-refractivity contribution in [2.45, 2.75) is 19.3 Å². The third kappa shape index (κ3) is 11.5. The zero-order valence-corrected chi connectivity index (χ0v) is 32.1. The van der Waals surface area contributed by atoms with E-state index < -0.39 is 17.9 Å². The number of rotatable bonds is 18. The first-order valence-electron chi connectivity index (χ1n) is 17.7. The monoisotopic (exact) mass is 766 g/mol. The van der Waals surface area contributed by atoms with E-state index in [0.717, 1.165) is 40.0 Å². The summed E-state index contributed by atoms with van der Waals surface area (Å²) >= 11 is 0. The Labute approximate surface area is 332 Å². The van der Waals surface area contributed by atoms with Gasteiger partial charge >= 0.3 is 17.9 Å². The van der Waals surface area contributed by atoms with Gasteiger partial charge in [0.05, 0.1) is 0 Å². The molecule has 12 heteroatoms. The maximum Gasteiger partial charge on any atom is 0.349 e. The van der Waals surface area contributed by atoms with E-state index in [1.54, 1.807) is 12.1 Å². The molecule has 0 aromatic heterocycles. The predicted octanol–water partition coefficient (Wildman–Crippen LogP) is 7.35. The Balaban J connectivity index is 1.37. The van der Waals surface area contributed by atoms with E-state index in [4.69, 9.17) is 14.2 Å². The summed E-state index contributed by atoms with van der Waals surface area (Å²) in [4.78, 5) is 49.9. The summed E-state index contributed by atoms with van der Waals surface area (Å²) in [7, 11) is 3.92. The van der Waals surface area contributed by atoms with Gasteiger partial charge in [-0.2, -0.15) is 10.5 Å². The molecule has 0 unspecified atom stereocenters. The maximum absolute atomic E-state index is 12.3. The summed E-state index contributed by atoms with van der Waals surface area (Å²) in [6.45, 7) is 7.35. The van der Waals surface area contributed by atoms with Gasteiger partial charge in [-0.15, -0.1) is 0 Å². The second kappa shape index (κ2) is 20.3. The molecule has 290 valence electrons. The minimum Gasteiger partial charge on any atom is -0.464 e. The van der Waals surface area contributed by atoms with Crippen LogP contribution in [0.4, 0.5) is 22.7 Å². The van der Waals surface area contributed by atoms with Crippen LogP contribution in [0.15, 0.2) is 121 Å². The highest BCUT2D eigenvalue weighted by Gasteiger charge is 2.24. The normalized spacial score (nSPS) is 11.3. The van der Waals surface area contributed by atoms with E-state index >= 15 is 0 Å². The van der Waals surface area contributed by atoms with Crippen LogP contribution in [-0.4, -0.2) is 64.9 Å². The lowest BCUT2D eigenvalue weighted by Gasteiger charge is -2.28. The van der Waals surface area contributed by atoms with Crippen LogP contribution >= 0.6 is 0 Å². The number of anilines is 4. The molecule has 0 radical (unpaired) electrons. The number of esters is 3. The van der Waals surface area contributed by atoms with Crippen molar-refractivity contribution in [3.8, 4) is 12.1 Å². The quantitative estimate of drug-likeness (QED) is 0.0248. The average Bonchev–Trinajstić information content (AvgIpc) is 3.24. The van der Waals surface area contributed by atoms with Gasteiger partial charge in [0.2, 0.25) is 0 Å². The number of hydrogen-bond acceptors (Lipinski definition) is 12. The summed E-state index contributed by atoms with van der Waals surface area (Å²) in [6.07, 6.45) is 3.89. The fourth-order valence-electron chi connectivity index (χ4n) is 5.59. The molecule has 0 N–H and O–H groups in total. The Morgan fingerprint density at radius 1 is 0.614 bits per heavy atom. The van der Waals surface area contributed by atoms with Gasteiger partial charge in [-0.3, -0.25) is 4.79 Å². The summed E-state index contributed by atoms with van der Waals surface area (Å²) in [5.41, 5.74) is 6.68. The minimum atomic E-state index is -0.811. The van der Waals surface area contributed by atoms with Gasteiger partial charge in [0.1, 0.15) is 49.7 Å². The lowest BCUT2D eigenvalue weighted by Crippen LogP contribution is -2.19. The fraction of sp³-hybridized carbons (Fsp3) is 0.200. The van der Waals surface area contributed by atoms with Crippen LogP contribution in [0.25, 0.3) is 12.2 Å². The Kier molecular flexibility index (Phi) is 15.1. The number of nitrogens with zero attached hydrogens (tertiary/aromatic N) is 4. The van der Waals surface area contributed by atoms with E-state index in [2.05, 4.69) is 73.7 Å². The Morgan fingerprint density at radius 2 is 0.965 bits per heavy atom. The lowest BCUT2D eigenvalue weighted by atomic mass is 9.78. The van der Waals surface area contributed by atoms with E-state index in [-0.39, 0.29) is 49.5 Å². The van der Waals surface area contributed by atoms with Crippen LogP contribution in [0, 0.1) is 22.7 Å². The topological polar surface area (TPSA) is 159 Å². The van der Waals surface area contributed by atoms with E-state index in [9.17, 15) is 29.7 Å².